The molecule has 0 unspecified atom stereocenters. The molecule has 0 bridgehead atoms. The number of rotatable bonds is 5. The average Bonchev–Trinajstić information content (AvgIpc) is 3.19. The number of amides is 1. The van der Waals surface area contributed by atoms with E-state index in [1.807, 2.05) is 54.6 Å². The van der Waals surface area contributed by atoms with Crippen molar-refractivity contribution in [2.24, 2.45) is 0 Å². The van der Waals surface area contributed by atoms with Crippen molar-refractivity contribution in [3.05, 3.63) is 70.9 Å². The van der Waals surface area contributed by atoms with Crippen LogP contribution in [0.3, 0.4) is 0 Å². The van der Waals surface area contributed by atoms with Crippen LogP contribution in [0.15, 0.2) is 64.5 Å². The smallest absolute Gasteiger partial charge is 0.232 e. The largest absolute Gasteiger partial charge is 0.339 e. The molecule has 1 saturated heterocycles. The van der Waals surface area contributed by atoms with Crippen molar-refractivity contribution in [3.63, 3.8) is 0 Å². The van der Waals surface area contributed by atoms with Gasteiger partial charge in [0.05, 0.1) is 16.6 Å². The summed E-state index contributed by atoms with van der Waals surface area (Å²) in [7, 11) is 0. The van der Waals surface area contributed by atoms with E-state index in [0.29, 0.717) is 30.6 Å². The van der Waals surface area contributed by atoms with E-state index in [1.165, 1.54) is 17.8 Å². The Morgan fingerprint density at radius 3 is 2.48 bits per heavy atom. The number of hydrogen-bond acceptors (Lipinski definition) is 6. The highest BCUT2D eigenvalue weighted by Gasteiger charge is 2.35. The van der Waals surface area contributed by atoms with Crippen molar-refractivity contribution in [1.29, 1.82) is 0 Å². The first-order valence-electron chi connectivity index (χ1n) is 10.5. The van der Waals surface area contributed by atoms with E-state index in [9.17, 15) is 4.79 Å². The third-order valence-corrected chi connectivity index (χ3v) is 6.88. The standard InChI is InChI=1S/C24H20N4O2S/c29-21-12-18(13-28(21)19-4-2-1-3-5-19)23-26-22(27-30-23)16-8-6-15(7-9-16)20-14-31-24(25-20)17-10-11-17/h1-9,14,17-18H,10-13H2/t18-/m1/s1. The number of thiazole rings is 1. The van der Waals surface area contributed by atoms with E-state index >= 15 is 0 Å². The van der Waals surface area contributed by atoms with Crippen LogP contribution in [0.4, 0.5) is 5.69 Å². The molecule has 2 aromatic heterocycles. The van der Waals surface area contributed by atoms with Gasteiger partial charge in [-0.3, -0.25) is 4.79 Å². The second-order valence-electron chi connectivity index (χ2n) is 8.12. The number of carbonyl (C=O) groups is 1. The average molecular weight is 429 g/mol. The van der Waals surface area contributed by atoms with Crippen LogP contribution in [-0.2, 0) is 4.79 Å². The van der Waals surface area contributed by atoms with Gasteiger partial charge in [-0.1, -0.05) is 47.6 Å². The minimum atomic E-state index is -0.0934. The summed E-state index contributed by atoms with van der Waals surface area (Å²) < 4.78 is 5.54. The number of hydrogen-bond donors (Lipinski definition) is 0. The molecule has 2 fully saturated rings. The molecule has 1 aliphatic heterocycles. The third-order valence-electron chi connectivity index (χ3n) is 5.87. The molecule has 2 aliphatic rings. The van der Waals surface area contributed by atoms with Gasteiger partial charge in [0.2, 0.25) is 17.6 Å². The Morgan fingerprint density at radius 2 is 1.71 bits per heavy atom. The highest BCUT2D eigenvalue weighted by Crippen LogP contribution is 2.42. The molecule has 1 saturated carbocycles. The lowest BCUT2D eigenvalue weighted by atomic mass is 10.1. The van der Waals surface area contributed by atoms with Crippen molar-refractivity contribution in [2.75, 3.05) is 11.4 Å². The molecular weight excluding hydrogens is 408 g/mol. The minimum Gasteiger partial charge on any atom is -0.339 e. The van der Waals surface area contributed by atoms with Crippen molar-refractivity contribution < 1.29 is 9.32 Å². The van der Waals surface area contributed by atoms with Gasteiger partial charge in [0.1, 0.15) is 0 Å². The van der Waals surface area contributed by atoms with E-state index in [2.05, 4.69) is 15.5 Å². The quantitative estimate of drug-likeness (QED) is 0.434. The number of benzene rings is 2. The SMILES string of the molecule is O=C1C[C@@H](c2nc(-c3ccc(-c4csc(C5CC5)n4)cc3)no2)CN1c1ccccc1. The third kappa shape index (κ3) is 3.55. The van der Waals surface area contributed by atoms with Gasteiger partial charge in [-0.25, -0.2) is 4.98 Å². The molecule has 4 aromatic rings. The van der Waals surface area contributed by atoms with E-state index in [0.717, 1.165) is 22.5 Å². The zero-order valence-corrected chi connectivity index (χ0v) is 17.6. The maximum absolute atomic E-state index is 12.5. The van der Waals surface area contributed by atoms with Gasteiger partial charge in [0, 0.05) is 41.1 Å². The molecule has 3 heterocycles. The second kappa shape index (κ2) is 7.42. The predicted octanol–water partition coefficient (Wildman–Crippen LogP) is 5.26. The van der Waals surface area contributed by atoms with Crippen molar-refractivity contribution >= 4 is 22.9 Å². The Hall–Kier alpha value is -3.32. The summed E-state index contributed by atoms with van der Waals surface area (Å²) in [4.78, 5) is 23.6. The van der Waals surface area contributed by atoms with E-state index in [4.69, 9.17) is 9.51 Å². The summed E-state index contributed by atoms with van der Waals surface area (Å²) in [5, 5.41) is 7.54. The second-order valence-corrected chi connectivity index (χ2v) is 9.01. The fraction of sp³-hybridized carbons (Fsp3) is 0.250. The van der Waals surface area contributed by atoms with Crippen LogP contribution < -0.4 is 4.90 Å². The fourth-order valence-corrected chi connectivity index (χ4v) is 4.98. The van der Waals surface area contributed by atoms with Crippen LogP contribution in [-0.4, -0.2) is 27.6 Å². The molecular formula is C24H20N4O2S. The summed E-state index contributed by atoms with van der Waals surface area (Å²) in [5.41, 5.74) is 3.91. The number of para-hydroxylation sites is 1. The molecule has 7 heteroatoms. The summed E-state index contributed by atoms with van der Waals surface area (Å²) in [6.07, 6.45) is 2.91. The highest BCUT2D eigenvalue weighted by atomic mass is 32.1. The van der Waals surface area contributed by atoms with Gasteiger partial charge in [0.15, 0.2) is 0 Å². The molecule has 6 nitrogen and oxygen atoms in total. The lowest BCUT2D eigenvalue weighted by Gasteiger charge is -2.15. The number of anilines is 1. The lowest BCUT2D eigenvalue weighted by Crippen LogP contribution is -2.24. The molecule has 154 valence electrons. The van der Waals surface area contributed by atoms with Crippen LogP contribution in [0.25, 0.3) is 22.6 Å². The number of nitrogens with zero attached hydrogens (tertiary/aromatic N) is 4. The molecule has 6 rings (SSSR count). The van der Waals surface area contributed by atoms with Crippen LogP contribution in [0.2, 0.25) is 0 Å². The summed E-state index contributed by atoms with van der Waals surface area (Å²) >= 11 is 1.75. The van der Waals surface area contributed by atoms with Crippen LogP contribution >= 0.6 is 11.3 Å². The zero-order valence-electron chi connectivity index (χ0n) is 16.8. The summed E-state index contributed by atoms with van der Waals surface area (Å²) in [6.45, 7) is 0.552. The van der Waals surface area contributed by atoms with Crippen LogP contribution in [0, 0.1) is 0 Å². The zero-order chi connectivity index (χ0) is 20.8. The van der Waals surface area contributed by atoms with Crippen LogP contribution in [0.1, 0.15) is 42.0 Å². The molecule has 1 amide bonds. The van der Waals surface area contributed by atoms with Crippen molar-refractivity contribution in [3.8, 4) is 22.6 Å². The first kappa shape index (κ1) is 18.4. The van der Waals surface area contributed by atoms with E-state index < -0.39 is 0 Å². The van der Waals surface area contributed by atoms with Gasteiger partial charge in [-0.2, -0.15) is 4.98 Å². The molecule has 0 radical (unpaired) electrons. The molecule has 2 aromatic carbocycles. The molecule has 0 spiro atoms. The Kier molecular flexibility index (Phi) is 4.42. The molecule has 1 aliphatic carbocycles. The highest BCUT2D eigenvalue weighted by molar-refractivity contribution is 7.10. The minimum absolute atomic E-state index is 0.0779. The van der Waals surface area contributed by atoms with E-state index in [-0.39, 0.29) is 11.8 Å². The monoisotopic (exact) mass is 428 g/mol. The maximum atomic E-state index is 12.5. The van der Waals surface area contributed by atoms with Gasteiger partial charge in [-0.15, -0.1) is 11.3 Å². The fourth-order valence-electron chi connectivity index (χ4n) is 3.98. The Bertz CT molecular complexity index is 1230. The van der Waals surface area contributed by atoms with Gasteiger partial charge in [0.25, 0.3) is 0 Å². The number of aromatic nitrogens is 3. The van der Waals surface area contributed by atoms with E-state index in [1.54, 1.807) is 16.2 Å². The van der Waals surface area contributed by atoms with Crippen molar-refractivity contribution in [2.45, 2.75) is 31.1 Å². The molecule has 31 heavy (non-hydrogen) atoms. The normalized spacial score (nSPS) is 18.6. The summed E-state index contributed by atoms with van der Waals surface area (Å²) in [6, 6.07) is 17.8. The van der Waals surface area contributed by atoms with Crippen molar-refractivity contribution in [1.82, 2.24) is 15.1 Å². The first-order chi connectivity index (χ1) is 15.2. The maximum Gasteiger partial charge on any atom is 0.232 e. The number of carbonyl (C=O) groups excluding carboxylic acids is 1. The Balaban J connectivity index is 1.18. The van der Waals surface area contributed by atoms with Gasteiger partial charge in [-0.05, 0) is 25.0 Å². The van der Waals surface area contributed by atoms with Gasteiger partial charge < -0.3 is 9.42 Å². The first-order valence-corrected chi connectivity index (χ1v) is 11.4. The Labute approximate surface area is 183 Å². The lowest BCUT2D eigenvalue weighted by molar-refractivity contribution is -0.117. The Morgan fingerprint density at radius 1 is 0.935 bits per heavy atom. The topological polar surface area (TPSA) is 72.1 Å². The molecule has 0 N–H and O–H groups in total. The predicted molar refractivity (Wildman–Crippen MR) is 119 cm³/mol. The van der Waals surface area contributed by atoms with Crippen LogP contribution in [0.5, 0.6) is 0 Å². The summed E-state index contributed by atoms with van der Waals surface area (Å²) in [5.74, 6) is 1.72. The molecule has 1 atom stereocenters. The van der Waals surface area contributed by atoms with Gasteiger partial charge >= 0.3 is 0 Å².